The van der Waals surface area contributed by atoms with Crippen LogP contribution >= 0.6 is 0 Å². The molecule has 2 heterocycles. The Hall–Kier alpha value is -3.45. The highest BCUT2D eigenvalue weighted by Crippen LogP contribution is 2.34. The number of aromatic nitrogens is 1. The molecule has 214 valence electrons. The second kappa shape index (κ2) is 12.0. The van der Waals surface area contributed by atoms with E-state index in [0.717, 1.165) is 43.9 Å². The molecule has 1 aliphatic heterocycles. The first-order chi connectivity index (χ1) is 18.9. The highest BCUT2D eigenvalue weighted by Gasteiger charge is 2.45. The Balaban J connectivity index is 1.80. The monoisotopic (exact) mass is 565 g/mol. The van der Waals surface area contributed by atoms with Crippen LogP contribution in [0.3, 0.4) is 0 Å². The molecule has 1 aromatic heterocycles. The van der Waals surface area contributed by atoms with Gasteiger partial charge in [-0.25, -0.2) is 8.42 Å². The van der Waals surface area contributed by atoms with Crippen LogP contribution in [-0.4, -0.2) is 60.3 Å². The van der Waals surface area contributed by atoms with Crippen molar-refractivity contribution >= 4 is 27.3 Å². The summed E-state index contributed by atoms with van der Waals surface area (Å²) in [5, 5.41) is 12.2. The lowest BCUT2D eigenvalue weighted by Gasteiger charge is -2.35. The van der Waals surface area contributed by atoms with E-state index >= 15 is 0 Å². The molecule has 1 aromatic carbocycles. The zero-order chi connectivity index (χ0) is 29.1. The third kappa shape index (κ3) is 6.64. The van der Waals surface area contributed by atoms with Gasteiger partial charge in [-0.2, -0.15) is 5.26 Å². The van der Waals surface area contributed by atoms with Gasteiger partial charge in [-0.1, -0.05) is 58.2 Å². The SMILES string of the molecule is CC(C)(C)c1ccc(N(C(=O)[C@H]2C[C@H](S(C)(=O)=O)CN2C#N)C(C(=O)NC2CCCCC2)c2cccnc2)cc1. The maximum Gasteiger partial charge on any atom is 0.251 e. The summed E-state index contributed by atoms with van der Waals surface area (Å²) in [6, 6.07) is 8.92. The quantitative estimate of drug-likeness (QED) is 0.506. The number of likely N-dealkylation sites (tertiary alicyclic amines) is 1. The van der Waals surface area contributed by atoms with E-state index in [4.69, 9.17) is 0 Å². The molecule has 1 N–H and O–H groups in total. The molecule has 2 aliphatic rings. The van der Waals surface area contributed by atoms with Gasteiger partial charge in [-0.05, 0) is 48.4 Å². The number of carbonyl (C=O) groups is 2. The van der Waals surface area contributed by atoms with Crippen molar-refractivity contribution < 1.29 is 18.0 Å². The van der Waals surface area contributed by atoms with Crippen molar-refractivity contribution in [3.8, 4) is 6.19 Å². The number of hydrogen-bond donors (Lipinski definition) is 1. The number of rotatable bonds is 7. The first-order valence-electron chi connectivity index (χ1n) is 13.9. The Morgan fingerprint density at radius 3 is 2.35 bits per heavy atom. The van der Waals surface area contributed by atoms with E-state index in [9.17, 15) is 23.3 Å². The molecule has 1 saturated heterocycles. The van der Waals surface area contributed by atoms with E-state index in [0.29, 0.717) is 11.3 Å². The van der Waals surface area contributed by atoms with Gasteiger partial charge in [0, 0.05) is 42.5 Å². The molecule has 0 bridgehead atoms. The van der Waals surface area contributed by atoms with Crippen LogP contribution in [0, 0.1) is 11.5 Å². The Morgan fingerprint density at radius 1 is 1.12 bits per heavy atom. The summed E-state index contributed by atoms with van der Waals surface area (Å²) in [6.45, 7) is 6.22. The summed E-state index contributed by atoms with van der Waals surface area (Å²) >= 11 is 0. The molecule has 2 aromatic rings. The van der Waals surface area contributed by atoms with E-state index in [1.54, 1.807) is 24.5 Å². The summed E-state index contributed by atoms with van der Waals surface area (Å²) < 4.78 is 24.8. The predicted molar refractivity (Wildman–Crippen MR) is 154 cm³/mol. The van der Waals surface area contributed by atoms with Crippen LogP contribution in [0.2, 0.25) is 0 Å². The fourth-order valence-electron chi connectivity index (χ4n) is 5.62. The fraction of sp³-hybridized carbons (Fsp3) is 0.533. The third-order valence-corrected chi connectivity index (χ3v) is 9.54. The van der Waals surface area contributed by atoms with Crippen molar-refractivity contribution in [3.63, 3.8) is 0 Å². The number of amides is 2. The lowest BCUT2D eigenvalue weighted by atomic mass is 9.87. The number of benzene rings is 1. The van der Waals surface area contributed by atoms with Gasteiger partial charge >= 0.3 is 0 Å². The highest BCUT2D eigenvalue weighted by atomic mass is 32.2. The van der Waals surface area contributed by atoms with Crippen LogP contribution < -0.4 is 10.2 Å². The molecular weight excluding hydrogens is 526 g/mol. The van der Waals surface area contributed by atoms with Gasteiger partial charge in [-0.3, -0.25) is 24.4 Å². The van der Waals surface area contributed by atoms with Gasteiger partial charge in [0.25, 0.3) is 5.91 Å². The van der Waals surface area contributed by atoms with E-state index in [-0.39, 0.29) is 30.3 Å². The first kappa shape index (κ1) is 29.5. The molecule has 10 heteroatoms. The number of sulfone groups is 1. The van der Waals surface area contributed by atoms with Crippen molar-refractivity contribution in [2.24, 2.45) is 0 Å². The average molecular weight is 566 g/mol. The molecule has 40 heavy (non-hydrogen) atoms. The largest absolute Gasteiger partial charge is 0.351 e. The van der Waals surface area contributed by atoms with Crippen LogP contribution in [-0.2, 0) is 24.8 Å². The second-order valence-electron chi connectivity index (χ2n) is 12.0. The Kier molecular flexibility index (Phi) is 8.83. The molecule has 9 nitrogen and oxygen atoms in total. The number of nitrogens with one attached hydrogen (secondary N) is 1. The number of pyridine rings is 1. The maximum absolute atomic E-state index is 14.4. The van der Waals surface area contributed by atoms with Gasteiger partial charge in [0.05, 0.1) is 5.25 Å². The third-order valence-electron chi connectivity index (χ3n) is 7.99. The topological polar surface area (TPSA) is 123 Å². The molecular formula is C30H39N5O4S. The summed E-state index contributed by atoms with van der Waals surface area (Å²) in [7, 11) is -3.49. The predicted octanol–water partition coefficient (Wildman–Crippen LogP) is 3.87. The lowest BCUT2D eigenvalue weighted by molar-refractivity contribution is -0.128. The Morgan fingerprint density at radius 2 is 1.80 bits per heavy atom. The van der Waals surface area contributed by atoms with Crippen molar-refractivity contribution in [2.45, 2.75) is 88.1 Å². The normalized spacial score (nSPS) is 20.9. The van der Waals surface area contributed by atoms with Crippen LogP contribution in [0.1, 0.15) is 76.5 Å². The Bertz CT molecular complexity index is 1340. The van der Waals surface area contributed by atoms with Crippen LogP contribution in [0.5, 0.6) is 0 Å². The molecule has 0 radical (unpaired) electrons. The van der Waals surface area contributed by atoms with E-state index in [2.05, 4.69) is 31.1 Å². The summed E-state index contributed by atoms with van der Waals surface area (Å²) in [6.07, 6.45) is 11.2. The van der Waals surface area contributed by atoms with Crippen LogP contribution in [0.4, 0.5) is 5.69 Å². The fourth-order valence-corrected chi connectivity index (χ4v) is 6.58. The molecule has 1 unspecified atom stereocenters. The minimum absolute atomic E-state index is 0.0114. The van der Waals surface area contributed by atoms with Crippen molar-refractivity contribution in [2.75, 3.05) is 17.7 Å². The van der Waals surface area contributed by atoms with E-state index < -0.39 is 33.1 Å². The minimum Gasteiger partial charge on any atom is -0.351 e. The summed E-state index contributed by atoms with van der Waals surface area (Å²) in [4.78, 5) is 35.3. The number of hydrogen-bond acceptors (Lipinski definition) is 7. The molecule has 3 atom stereocenters. The lowest BCUT2D eigenvalue weighted by Crippen LogP contribution is -2.51. The smallest absolute Gasteiger partial charge is 0.251 e. The minimum atomic E-state index is -3.49. The zero-order valence-electron chi connectivity index (χ0n) is 23.7. The maximum atomic E-state index is 14.4. The highest BCUT2D eigenvalue weighted by molar-refractivity contribution is 7.91. The number of nitriles is 1. The zero-order valence-corrected chi connectivity index (χ0v) is 24.5. The van der Waals surface area contributed by atoms with Crippen molar-refractivity contribution in [1.29, 1.82) is 5.26 Å². The van der Waals surface area contributed by atoms with Crippen molar-refractivity contribution in [3.05, 3.63) is 59.9 Å². The number of anilines is 1. The van der Waals surface area contributed by atoms with Gasteiger partial charge < -0.3 is 5.32 Å². The number of carbonyl (C=O) groups excluding carboxylic acids is 2. The molecule has 2 amide bonds. The summed E-state index contributed by atoms with van der Waals surface area (Å²) in [5.41, 5.74) is 1.96. The van der Waals surface area contributed by atoms with Crippen LogP contribution in [0.15, 0.2) is 48.8 Å². The molecule has 0 spiro atoms. The molecule has 1 saturated carbocycles. The van der Waals surface area contributed by atoms with Gasteiger partial charge in [0.2, 0.25) is 5.91 Å². The van der Waals surface area contributed by atoms with E-state index in [1.807, 2.05) is 30.5 Å². The van der Waals surface area contributed by atoms with Crippen LogP contribution in [0.25, 0.3) is 0 Å². The molecule has 2 fully saturated rings. The first-order valence-corrected chi connectivity index (χ1v) is 15.8. The Labute approximate surface area is 237 Å². The standard InChI is InChI=1S/C30H39N5O4S/c1-30(2,3)22-12-14-24(15-13-22)35(29(37)26-17-25(40(4,38)39)19-34(26)20-31)27(21-9-8-16-32-18-21)28(36)33-23-10-6-5-7-11-23/h8-9,12-16,18,23,25-27H,5-7,10-11,17,19H2,1-4H3,(H,33,36)/t25-,26+,27?/m0/s1. The van der Waals surface area contributed by atoms with Gasteiger partial charge in [-0.15, -0.1) is 0 Å². The van der Waals surface area contributed by atoms with Crippen molar-refractivity contribution in [1.82, 2.24) is 15.2 Å². The van der Waals surface area contributed by atoms with Gasteiger partial charge in [0.15, 0.2) is 16.0 Å². The average Bonchev–Trinajstić information content (AvgIpc) is 3.37. The second-order valence-corrected chi connectivity index (χ2v) is 14.3. The van der Waals surface area contributed by atoms with E-state index in [1.165, 1.54) is 9.80 Å². The summed E-state index contributed by atoms with van der Waals surface area (Å²) in [5.74, 6) is -0.821. The van der Waals surface area contributed by atoms with Gasteiger partial charge in [0.1, 0.15) is 12.1 Å². The number of nitrogens with zero attached hydrogens (tertiary/aromatic N) is 4. The molecule has 1 aliphatic carbocycles. The molecule has 4 rings (SSSR count).